The molecule has 0 amide bonds. The molecule has 0 bridgehead atoms. The van der Waals surface area contributed by atoms with Gasteiger partial charge in [0.1, 0.15) is 5.82 Å². The molecule has 0 fully saturated rings. The van der Waals surface area contributed by atoms with Gasteiger partial charge in [0.15, 0.2) is 0 Å². The second-order valence-corrected chi connectivity index (χ2v) is 5.27. The molecule has 2 N–H and O–H groups in total. The first-order valence-electron chi connectivity index (χ1n) is 6.32. The highest BCUT2D eigenvalue weighted by molar-refractivity contribution is 6.30. The molecule has 0 aromatic heterocycles. The van der Waals surface area contributed by atoms with Crippen LogP contribution < -0.4 is 5.73 Å². The molecule has 1 nitrogen and oxygen atoms in total. The first-order chi connectivity index (χ1) is 9.08. The van der Waals surface area contributed by atoms with E-state index in [2.05, 4.69) is 6.92 Å². The van der Waals surface area contributed by atoms with Crippen molar-refractivity contribution in [1.82, 2.24) is 0 Å². The largest absolute Gasteiger partial charge is 0.324 e. The molecule has 0 saturated heterocycles. The van der Waals surface area contributed by atoms with Crippen molar-refractivity contribution in [3.63, 3.8) is 0 Å². The van der Waals surface area contributed by atoms with Gasteiger partial charge in [0.25, 0.3) is 0 Å². The molecule has 2 aromatic rings. The third-order valence-corrected chi connectivity index (χ3v) is 3.65. The lowest BCUT2D eigenvalue weighted by atomic mass is 9.90. The van der Waals surface area contributed by atoms with Crippen LogP contribution in [0, 0.1) is 11.7 Å². The predicted molar refractivity (Wildman–Crippen MR) is 77.6 cm³/mol. The van der Waals surface area contributed by atoms with Gasteiger partial charge in [-0.05, 0) is 35.6 Å². The van der Waals surface area contributed by atoms with E-state index in [1.165, 1.54) is 6.07 Å². The lowest BCUT2D eigenvalue weighted by Gasteiger charge is -2.20. The van der Waals surface area contributed by atoms with Crippen molar-refractivity contribution in [3.8, 4) is 0 Å². The summed E-state index contributed by atoms with van der Waals surface area (Å²) in [6.45, 7) is 2.07. The molecule has 19 heavy (non-hydrogen) atoms. The van der Waals surface area contributed by atoms with Crippen LogP contribution >= 0.6 is 11.6 Å². The Labute approximate surface area is 118 Å². The van der Waals surface area contributed by atoms with Crippen molar-refractivity contribution in [2.24, 2.45) is 11.7 Å². The van der Waals surface area contributed by atoms with Crippen LogP contribution in [0.25, 0.3) is 0 Å². The molecule has 2 rings (SSSR count). The van der Waals surface area contributed by atoms with Crippen molar-refractivity contribution >= 4 is 11.6 Å². The summed E-state index contributed by atoms with van der Waals surface area (Å²) in [4.78, 5) is 0. The van der Waals surface area contributed by atoms with Crippen molar-refractivity contribution in [3.05, 3.63) is 70.5 Å². The van der Waals surface area contributed by atoms with Crippen LogP contribution in [0.3, 0.4) is 0 Å². The lowest BCUT2D eigenvalue weighted by molar-refractivity contribution is 0.467. The Morgan fingerprint density at radius 2 is 1.84 bits per heavy atom. The molecular formula is C16H17ClFN. The normalized spacial score (nSPS) is 14.1. The Hall–Kier alpha value is -1.38. The Morgan fingerprint density at radius 3 is 2.47 bits per heavy atom. The molecule has 0 aliphatic rings. The Balaban J connectivity index is 2.08. The monoisotopic (exact) mass is 277 g/mol. The van der Waals surface area contributed by atoms with Gasteiger partial charge in [-0.3, -0.25) is 0 Å². The second-order valence-electron chi connectivity index (χ2n) is 4.87. The molecule has 0 aliphatic carbocycles. The van der Waals surface area contributed by atoms with E-state index in [4.69, 9.17) is 17.3 Å². The SMILES string of the molecule is CC(Cc1ccc(Cl)c(F)c1)C(N)c1ccccc1. The lowest BCUT2D eigenvalue weighted by Crippen LogP contribution is -2.20. The van der Waals surface area contributed by atoms with Crippen molar-refractivity contribution in [2.45, 2.75) is 19.4 Å². The van der Waals surface area contributed by atoms with Crippen molar-refractivity contribution in [1.29, 1.82) is 0 Å². The Bertz CT molecular complexity index is 542. The summed E-state index contributed by atoms with van der Waals surface area (Å²) >= 11 is 5.68. The fourth-order valence-corrected chi connectivity index (χ4v) is 2.29. The van der Waals surface area contributed by atoms with Gasteiger partial charge < -0.3 is 5.73 Å². The highest BCUT2D eigenvalue weighted by atomic mass is 35.5. The third-order valence-electron chi connectivity index (χ3n) is 3.34. The third kappa shape index (κ3) is 3.55. The molecule has 0 aliphatic heterocycles. The zero-order valence-corrected chi connectivity index (χ0v) is 11.6. The number of rotatable bonds is 4. The Morgan fingerprint density at radius 1 is 1.16 bits per heavy atom. The van der Waals surface area contributed by atoms with Crippen LogP contribution in [0.15, 0.2) is 48.5 Å². The first kappa shape index (κ1) is 14.0. The summed E-state index contributed by atoms with van der Waals surface area (Å²) in [5.74, 6) is -0.150. The van der Waals surface area contributed by atoms with Crippen LogP contribution in [0.4, 0.5) is 4.39 Å². The maximum absolute atomic E-state index is 13.4. The van der Waals surface area contributed by atoms with Gasteiger partial charge >= 0.3 is 0 Å². The summed E-state index contributed by atoms with van der Waals surface area (Å²) in [5.41, 5.74) is 8.25. The topological polar surface area (TPSA) is 26.0 Å². The van der Waals surface area contributed by atoms with Gasteiger partial charge in [-0.15, -0.1) is 0 Å². The number of hydrogen-bond donors (Lipinski definition) is 1. The first-order valence-corrected chi connectivity index (χ1v) is 6.70. The minimum atomic E-state index is -0.375. The fraction of sp³-hybridized carbons (Fsp3) is 0.250. The van der Waals surface area contributed by atoms with Crippen LogP contribution in [-0.4, -0.2) is 0 Å². The van der Waals surface area contributed by atoms with Crippen LogP contribution in [0.1, 0.15) is 24.1 Å². The number of halogens is 2. The van der Waals surface area contributed by atoms with Gasteiger partial charge in [0, 0.05) is 6.04 Å². The molecule has 2 unspecified atom stereocenters. The summed E-state index contributed by atoms with van der Waals surface area (Å²) in [6.07, 6.45) is 0.726. The van der Waals surface area contributed by atoms with Crippen LogP contribution in [-0.2, 0) is 6.42 Å². The fourth-order valence-electron chi connectivity index (χ4n) is 2.17. The van der Waals surface area contributed by atoms with E-state index in [1.807, 2.05) is 36.4 Å². The highest BCUT2D eigenvalue weighted by Crippen LogP contribution is 2.24. The molecule has 3 heteroatoms. The predicted octanol–water partition coefficient (Wildman–Crippen LogP) is 4.36. The van der Waals surface area contributed by atoms with E-state index in [0.717, 1.165) is 17.5 Å². The summed E-state index contributed by atoms with van der Waals surface area (Å²) in [6, 6.07) is 14.8. The van der Waals surface area contributed by atoms with Gasteiger partial charge in [0.05, 0.1) is 5.02 Å². The number of benzene rings is 2. The number of nitrogens with two attached hydrogens (primary N) is 1. The van der Waals surface area contributed by atoms with E-state index in [-0.39, 0.29) is 22.8 Å². The smallest absolute Gasteiger partial charge is 0.142 e. The Kier molecular flexibility index (Phi) is 4.56. The van der Waals surface area contributed by atoms with Gasteiger partial charge in [0.2, 0.25) is 0 Å². The molecule has 0 saturated carbocycles. The molecular weight excluding hydrogens is 261 g/mol. The summed E-state index contributed by atoms with van der Waals surface area (Å²) < 4.78 is 13.4. The van der Waals surface area contributed by atoms with Crippen molar-refractivity contribution in [2.75, 3.05) is 0 Å². The maximum atomic E-state index is 13.4. The van der Waals surface area contributed by atoms with E-state index in [1.54, 1.807) is 6.07 Å². The highest BCUT2D eigenvalue weighted by Gasteiger charge is 2.15. The molecule has 0 heterocycles. The van der Waals surface area contributed by atoms with E-state index in [9.17, 15) is 4.39 Å². The minimum Gasteiger partial charge on any atom is -0.324 e. The zero-order chi connectivity index (χ0) is 13.8. The second kappa shape index (κ2) is 6.18. The van der Waals surface area contributed by atoms with Gasteiger partial charge in [-0.1, -0.05) is 54.9 Å². The molecule has 2 aromatic carbocycles. The molecule has 0 spiro atoms. The standard InChI is InChI=1S/C16H17ClFN/c1-11(16(19)13-5-3-2-4-6-13)9-12-7-8-14(17)15(18)10-12/h2-8,10-11,16H,9,19H2,1H3. The average molecular weight is 278 g/mol. The van der Waals surface area contributed by atoms with Gasteiger partial charge in [-0.2, -0.15) is 0 Å². The van der Waals surface area contributed by atoms with Crippen molar-refractivity contribution < 1.29 is 4.39 Å². The van der Waals surface area contributed by atoms with E-state index >= 15 is 0 Å². The molecule has 0 radical (unpaired) electrons. The maximum Gasteiger partial charge on any atom is 0.142 e. The number of hydrogen-bond acceptors (Lipinski definition) is 1. The quantitative estimate of drug-likeness (QED) is 0.883. The van der Waals surface area contributed by atoms with E-state index < -0.39 is 0 Å². The molecule has 2 atom stereocenters. The minimum absolute atomic E-state index is 0.0556. The molecule has 100 valence electrons. The van der Waals surface area contributed by atoms with Gasteiger partial charge in [-0.25, -0.2) is 4.39 Å². The van der Waals surface area contributed by atoms with Crippen LogP contribution in [0.5, 0.6) is 0 Å². The zero-order valence-electron chi connectivity index (χ0n) is 10.8. The van der Waals surface area contributed by atoms with E-state index in [0.29, 0.717) is 0 Å². The summed E-state index contributed by atoms with van der Waals surface area (Å²) in [5, 5.41) is 0.156. The summed E-state index contributed by atoms with van der Waals surface area (Å²) in [7, 11) is 0. The average Bonchev–Trinajstić information content (AvgIpc) is 2.43. The van der Waals surface area contributed by atoms with Crippen LogP contribution in [0.2, 0.25) is 5.02 Å².